The highest BCUT2D eigenvalue weighted by molar-refractivity contribution is 7.85. The third kappa shape index (κ3) is 2.98. The SMILES string of the molecule is CCC(C(=O)O)=P1(c2ccccc2)CCCC1(c1ccccc1)c1ccccc1. The summed E-state index contributed by atoms with van der Waals surface area (Å²) in [6, 6.07) is 31.7. The van der Waals surface area contributed by atoms with E-state index >= 15 is 0 Å². The minimum atomic E-state index is -2.23. The van der Waals surface area contributed by atoms with Crippen molar-refractivity contribution in [2.24, 2.45) is 0 Å². The lowest BCUT2D eigenvalue weighted by molar-refractivity contribution is -0.129. The molecule has 0 spiro atoms. The number of carbonyl (C=O) groups is 1. The maximum atomic E-state index is 12.6. The van der Waals surface area contributed by atoms with E-state index in [1.54, 1.807) is 0 Å². The van der Waals surface area contributed by atoms with Gasteiger partial charge in [0.25, 0.3) is 0 Å². The Labute approximate surface area is 173 Å². The van der Waals surface area contributed by atoms with Gasteiger partial charge in [-0.1, -0.05) is 105 Å². The Bertz CT molecular complexity index is 1000. The van der Waals surface area contributed by atoms with Crippen LogP contribution in [-0.2, 0) is 9.95 Å². The van der Waals surface area contributed by atoms with Crippen LogP contribution in [0.2, 0.25) is 0 Å². The Morgan fingerprint density at radius 1 is 0.862 bits per heavy atom. The fraction of sp³-hybridized carbons (Fsp3) is 0.231. The fourth-order valence-corrected chi connectivity index (χ4v) is 11.4. The summed E-state index contributed by atoms with van der Waals surface area (Å²) in [4.78, 5) is 12.6. The summed E-state index contributed by atoms with van der Waals surface area (Å²) >= 11 is 0. The molecule has 0 saturated carbocycles. The normalized spacial score (nSPS) is 20.3. The summed E-state index contributed by atoms with van der Waals surface area (Å²) in [6.07, 6.45) is 3.51. The standard InChI is InChI=1S/C26H27O2P/c1-2-24(25(27)28)29(23-17-10-5-11-18-23)20-12-19-26(29,21-13-6-3-7-14-21)22-15-8-4-9-16-22/h3-11,13-18H,2,12,19-20H2,1H3,(H,27,28). The van der Waals surface area contributed by atoms with Gasteiger partial charge in [0.1, 0.15) is 0 Å². The molecule has 0 aliphatic carbocycles. The van der Waals surface area contributed by atoms with Crippen molar-refractivity contribution in [1.29, 1.82) is 0 Å². The first kappa shape index (κ1) is 19.7. The number of hydrogen-bond acceptors (Lipinski definition) is 1. The highest BCUT2D eigenvalue weighted by Crippen LogP contribution is 2.73. The van der Waals surface area contributed by atoms with Crippen LogP contribution in [0.15, 0.2) is 91.0 Å². The van der Waals surface area contributed by atoms with Crippen LogP contribution in [0.5, 0.6) is 0 Å². The maximum Gasteiger partial charge on any atom is 0.332 e. The second-order valence-electron chi connectivity index (χ2n) is 7.67. The van der Waals surface area contributed by atoms with Gasteiger partial charge >= 0.3 is 5.97 Å². The summed E-state index contributed by atoms with van der Waals surface area (Å²) < 4.78 is 0. The quantitative estimate of drug-likeness (QED) is 0.553. The molecular formula is C26H27O2P. The average molecular weight is 402 g/mol. The number of hydrogen-bond donors (Lipinski definition) is 1. The largest absolute Gasteiger partial charge is 0.478 e. The van der Waals surface area contributed by atoms with Gasteiger partial charge in [0, 0.05) is 10.4 Å². The van der Waals surface area contributed by atoms with Crippen LogP contribution in [0.3, 0.4) is 0 Å². The molecule has 1 aliphatic rings. The first-order chi connectivity index (χ1) is 14.2. The molecule has 1 atom stereocenters. The van der Waals surface area contributed by atoms with Crippen molar-refractivity contribution in [3.8, 4) is 0 Å². The van der Waals surface area contributed by atoms with Crippen molar-refractivity contribution in [3.05, 3.63) is 102 Å². The van der Waals surface area contributed by atoms with Crippen molar-refractivity contribution in [2.45, 2.75) is 31.3 Å². The molecule has 1 fully saturated rings. The third-order valence-electron chi connectivity index (χ3n) is 6.43. The number of carboxylic acid groups (broad SMARTS) is 1. The Morgan fingerprint density at radius 3 is 1.79 bits per heavy atom. The van der Waals surface area contributed by atoms with Crippen LogP contribution in [0.25, 0.3) is 0 Å². The van der Waals surface area contributed by atoms with Gasteiger partial charge in [-0.15, -0.1) is 0 Å². The average Bonchev–Trinajstić information content (AvgIpc) is 3.18. The summed E-state index contributed by atoms with van der Waals surface area (Å²) in [6.45, 7) is -0.226. The van der Waals surface area contributed by atoms with E-state index in [-0.39, 0.29) is 5.16 Å². The van der Waals surface area contributed by atoms with Crippen LogP contribution >= 0.6 is 6.89 Å². The molecule has 3 aromatic rings. The Balaban J connectivity index is 2.22. The molecule has 1 N–H and O–H groups in total. The molecule has 0 bridgehead atoms. The van der Waals surface area contributed by atoms with Crippen molar-refractivity contribution in [3.63, 3.8) is 0 Å². The van der Waals surface area contributed by atoms with Gasteiger partial charge in [-0.05, 0) is 41.9 Å². The van der Waals surface area contributed by atoms with E-state index in [0.717, 1.165) is 19.0 Å². The van der Waals surface area contributed by atoms with Crippen molar-refractivity contribution < 1.29 is 9.90 Å². The molecule has 29 heavy (non-hydrogen) atoms. The molecular weight excluding hydrogens is 375 g/mol. The number of carboxylic acids is 1. The van der Waals surface area contributed by atoms with Gasteiger partial charge in [0.05, 0.1) is 0 Å². The van der Waals surface area contributed by atoms with Gasteiger partial charge in [-0.25, -0.2) is 4.79 Å². The van der Waals surface area contributed by atoms with Gasteiger partial charge < -0.3 is 5.11 Å². The summed E-state index contributed by atoms with van der Waals surface area (Å²) in [5, 5.41) is 12.0. The summed E-state index contributed by atoms with van der Waals surface area (Å²) in [5.74, 6) is -0.733. The van der Waals surface area contributed by atoms with E-state index in [4.69, 9.17) is 0 Å². The summed E-state index contributed by atoms with van der Waals surface area (Å²) in [5.41, 5.74) is 2.49. The molecule has 1 aliphatic heterocycles. The van der Waals surface area contributed by atoms with Crippen molar-refractivity contribution in [1.82, 2.24) is 0 Å². The lowest BCUT2D eigenvalue weighted by atomic mass is 9.87. The fourth-order valence-electron chi connectivity index (χ4n) is 5.42. The molecule has 3 heteroatoms. The van der Waals surface area contributed by atoms with E-state index in [1.165, 1.54) is 16.4 Å². The molecule has 148 valence electrons. The highest BCUT2D eigenvalue weighted by atomic mass is 31.2. The van der Waals surface area contributed by atoms with E-state index in [2.05, 4.69) is 72.8 Å². The Kier molecular flexibility index (Phi) is 5.48. The molecule has 0 radical (unpaired) electrons. The molecule has 0 aromatic heterocycles. The van der Waals surface area contributed by atoms with Crippen LogP contribution in [0.4, 0.5) is 0 Å². The molecule has 1 unspecified atom stereocenters. The zero-order valence-corrected chi connectivity index (χ0v) is 17.7. The number of rotatable bonds is 5. The monoisotopic (exact) mass is 402 g/mol. The van der Waals surface area contributed by atoms with Gasteiger partial charge in [0.2, 0.25) is 0 Å². The van der Waals surface area contributed by atoms with Crippen LogP contribution in [0.1, 0.15) is 37.3 Å². The third-order valence-corrected chi connectivity index (χ3v) is 12.1. The van der Waals surface area contributed by atoms with Crippen molar-refractivity contribution in [2.75, 3.05) is 6.16 Å². The number of aliphatic carboxylic acids is 1. The van der Waals surface area contributed by atoms with Gasteiger partial charge in [-0.3, -0.25) is 0 Å². The lowest BCUT2D eigenvalue weighted by Crippen LogP contribution is -2.34. The molecule has 0 amide bonds. The topological polar surface area (TPSA) is 37.3 Å². The first-order valence-electron chi connectivity index (χ1n) is 10.3. The number of benzene rings is 3. The Hall–Kier alpha value is -2.57. The first-order valence-corrected chi connectivity index (χ1v) is 12.3. The Morgan fingerprint density at radius 2 is 1.34 bits per heavy atom. The second kappa shape index (κ2) is 8.05. The molecule has 3 aromatic carbocycles. The van der Waals surface area contributed by atoms with E-state index < -0.39 is 12.9 Å². The lowest BCUT2D eigenvalue weighted by Gasteiger charge is -2.44. The van der Waals surface area contributed by atoms with E-state index in [0.29, 0.717) is 11.7 Å². The maximum absolute atomic E-state index is 12.6. The molecule has 2 nitrogen and oxygen atoms in total. The minimum Gasteiger partial charge on any atom is -0.478 e. The molecule has 1 saturated heterocycles. The van der Waals surface area contributed by atoms with E-state index in [9.17, 15) is 9.90 Å². The zero-order chi connectivity index (χ0) is 20.3. The molecule has 4 rings (SSSR count). The van der Waals surface area contributed by atoms with Crippen LogP contribution in [0, 0.1) is 0 Å². The molecule has 1 heterocycles. The summed E-state index contributed by atoms with van der Waals surface area (Å²) in [7, 11) is 0. The van der Waals surface area contributed by atoms with Crippen LogP contribution in [-0.4, -0.2) is 22.5 Å². The predicted molar refractivity (Wildman–Crippen MR) is 124 cm³/mol. The smallest absolute Gasteiger partial charge is 0.332 e. The van der Waals surface area contributed by atoms with Gasteiger partial charge in [0.15, 0.2) is 0 Å². The van der Waals surface area contributed by atoms with Gasteiger partial charge in [-0.2, -0.15) is 0 Å². The minimum absolute atomic E-state index is 0.305. The zero-order valence-electron chi connectivity index (χ0n) is 16.8. The second-order valence-corrected chi connectivity index (χ2v) is 11.6. The highest BCUT2D eigenvalue weighted by Gasteiger charge is 2.53. The van der Waals surface area contributed by atoms with Crippen molar-refractivity contribution >= 4 is 23.5 Å². The van der Waals surface area contributed by atoms with Crippen LogP contribution < -0.4 is 5.30 Å². The predicted octanol–water partition coefficient (Wildman–Crippen LogP) is 5.73. The van der Waals surface area contributed by atoms with E-state index in [1.807, 2.05) is 25.1 Å².